The van der Waals surface area contributed by atoms with Gasteiger partial charge >= 0.3 is 5.97 Å². The molecule has 0 radical (unpaired) electrons. The summed E-state index contributed by atoms with van der Waals surface area (Å²) in [5, 5.41) is 3.40. The normalized spacial score (nSPS) is 11.8. The van der Waals surface area contributed by atoms with Gasteiger partial charge in [0.25, 0.3) is 0 Å². The van der Waals surface area contributed by atoms with Gasteiger partial charge in [-0.25, -0.2) is 4.79 Å². The van der Waals surface area contributed by atoms with Crippen LogP contribution in [-0.2, 0) is 9.53 Å². The number of halogens is 1. The zero-order valence-corrected chi connectivity index (χ0v) is 12.9. The van der Waals surface area contributed by atoms with E-state index in [9.17, 15) is 4.79 Å². The quantitative estimate of drug-likeness (QED) is 0.785. The Hall–Kier alpha value is -1.46. The lowest BCUT2D eigenvalue weighted by molar-refractivity contribution is -0.145. The second-order valence-corrected chi connectivity index (χ2v) is 4.32. The lowest BCUT2D eigenvalue weighted by Gasteiger charge is -2.20. The fourth-order valence-corrected chi connectivity index (χ4v) is 2.22. The van der Waals surface area contributed by atoms with E-state index in [0.717, 1.165) is 0 Å². The van der Waals surface area contributed by atoms with Crippen molar-refractivity contribution in [2.75, 3.05) is 27.4 Å². The van der Waals surface area contributed by atoms with Gasteiger partial charge in [-0.1, -0.05) is 24.6 Å². The number of likely N-dealkylation sites (N-methyl/N-ethyl adjacent to an activating group) is 1. The highest BCUT2D eigenvalue weighted by Crippen LogP contribution is 2.39. The SMILES string of the molecule is CCNC(C(=O)OCC)c1ccc(OC)c(OC)c1Cl. The van der Waals surface area contributed by atoms with Gasteiger partial charge in [0, 0.05) is 5.56 Å². The van der Waals surface area contributed by atoms with Gasteiger partial charge in [-0.2, -0.15) is 0 Å². The van der Waals surface area contributed by atoms with E-state index in [2.05, 4.69) is 5.32 Å². The second kappa shape index (κ2) is 7.97. The molecule has 1 N–H and O–H groups in total. The average Bonchev–Trinajstić information content (AvgIpc) is 2.45. The smallest absolute Gasteiger partial charge is 0.327 e. The molecule has 112 valence electrons. The molecule has 6 heteroatoms. The maximum atomic E-state index is 12.0. The number of carbonyl (C=O) groups is 1. The number of nitrogens with one attached hydrogen (secondary N) is 1. The number of carbonyl (C=O) groups excluding carboxylic acids is 1. The number of hydrogen-bond donors (Lipinski definition) is 1. The number of esters is 1. The van der Waals surface area contributed by atoms with E-state index in [1.807, 2.05) is 6.92 Å². The summed E-state index contributed by atoms with van der Waals surface area (Å²) < 4.78 is 15.5. The fraction of sp³-hybridized carbons (Fsp3) is 0.500. The summed E-state index contributed by atoms with van der Waals surface area (Å²) in [5.41, 5.74) is 0.601. The van der Waals surface area contributed by atoms with E-state index in [0.29, 0.717) is 35.2 Å². The van der Waals surface area contributed by atoms with Crippen molar-refractivity contribution in [3.63, 3.8) is 0 Å². The lowest BCUT2D eigenvalue weighted by Crippen LogP contribution is -2.30. The Kier molecular flexibility index (Phi) is 6.61. The third-order valence-electron chi connectivity index (χ3n) is 2.76. The maximum Gasteiger partial charge on any atom is 0.327 e. The van der Waals surface area contributed by atoms with E-state index in [-0.39, 0.29) is 5.97 Å². The Balaban J connectivity index is 3.23. The van der Waals surface area contributed by atoms with Crippen molar-refractivity contribution < 1.29 is 19.0 Å². The van der Waals surface area contributed by atoms with Crippen molar-refractivity contribution in [1.29, 1.82) is 0 Å². The summed E-state index contributed by atoms with van der Waals surface area (Å²) in [7, 11) is 3.03. The van der Waals surface area contributed by atoms with Crippen LogP contribution in [0.2, 0.25) is 5.02 Å². The van der Waals surface area contributed by atoms with E-state index in [1.165, 1.54) is 14.2 Å². The predicted molar refractivity (Wildman–Crippen MR) is 77.6 cm³/mol. The Bertz CT molecular complexity index is 465. The lowest BCUT2D eigenvalue weighted by atomic mass is 10.1. The van der Waals surface area contributed by atoms with Gasteiger partial charge in [-0.05, 0) is 19.5 Å². The van der Waals surface area contributed by atoms with Crippen LogP contribution in [-0.4, -0.2) is 33.3 Å². The zero-order valence-electron chi connectivity index (χ0n) is 12.2. The molecule has 5 nitrogen and oxygen atoms in total. The molecule has 0 saturated carbocycles. The molecule has 0 aliphatic rings. The van der Waals surface area contributed by atoms with Gasteiger partial charge in [0.15, 0.2) is 11.5 Å². The van der Waals surface area contributed by atoms with Gasteiger partial charge in [0.1, 0.15) is 6.04 Å². The number of rotatable bonds is 7. The van der Waals surface area contributed by atoms with E-state index in [4.69, 9.17) is 25.8 Å². The molecule has 0 saturated heterocycles. The minimum Gasteiger partial charge on any atom is -0.493 e. The standard InChI is InChI=1S/C14H20ClNO4/c1-5-16-12(14(17)20-6-2)9-7-8-10(18-3)13(19-4)11(9)15/h7-8,12,16H,5-6H2,1-4H3. The predicted octanol–water partition coefficient (Wildman–Crippen LogP) is 2.57. The second-order valence-electron chi connectivity index (χ2n) is 3.95. The van der Waals surface area contributed by atoms with Crippen LogP contribution < -0.4 is 14.8 Å². The van der Waals surface area contributed by atoms with Crippen LogP contribution in [0.4, 0.5) is 0 Å². The summed E-state index contributed by atoms with van der Waals surface area (Å²) in [6.07, 6.45) is 0. The molecule has 1 aromatic carbocycles. The molecule has 1 unspecified atom stereocenters. The van der Waals surface area contributed by atoms with Crippen LogP contribution in [0.5, 0.6) is 11.5 Å². The molecule has 1 aromatic rings. The Morgan fingerprint density at radius 1 is 1.30 bits per heavy atom. The van der Waals surface area contributed by atoms with Gasteiger partial charge in [-0.15, -0.1) is 0 Å². The number of hydrogen-bond acceptors (Lipinski definition) is 5. The first kappa shape index (κ1) is 16.6. The molecule has 0 heterocycles. The molecular weight excluding hydrogens is 282 g/mol. The first-order chi connectivity index (χ1) is 9.60. The highest BCUT2D eigenvalue weighted by molar-refractivity contribution is 6.33. The molecule has 0 amide bonds. The summed E-state index contributed by atoms with van der Waals surface area (Å²) in [6.45, 7) is 4.58. The molecular formula is C14H20ClNO4. The monoisotopic (exact) mass is 301 g/mol. The molecule has 0 aliphatic carbocycles. The van der Waals surface area contributed by atoms with Crippen molar-refractivity contribution in [3.05, 3.63) is 22.7 Å². The largest absolute Gasteiger partial charge is 0.493 e. The number of benzene rings is 1. The number of ether oxygens (including phenoxy) is 3. The minimum atomic E-state index is -0.632. The minimum absolute atomic E-state index is 0.311. The van der Waals surface area contributed by atoms with Crippen molar-refractivity contribution >= 4 is 17.6 Å². The van der Waals surface area contributed by atoms with Crippen molar-refractivity contribution in [2.45, 2.75) is 19.9 Å². The molecule has 0 bridgehead atoms. The van der Waals surface area contributed by atoms with Gasteiger partial charge < -0.3 is 19.5 Å². The van der Waals surface area contributed by atoms with Crippen LogP contribution in [0.15, 0.2) is 12.1 Å². The van der Waals surface area contributed by atoms with Gasteiger partial charge in [0.2, 0.25) is 0 Å². The maximum absolute atomic E-state index is 12.0. The highest BCUT2D eigenvalue weighted by atomic mass is 35.5. The van der Waals surface area contributed by atoms with Gasteiger partial charge in [-0.3, -0.25) is 0 Å². The van der Waals surface area contributed by atoms with Crippen LogP contribution in [0.3, 0.4) is 0 Å². The molecule has 0 aliphatic heterocycles. The summed E-state index contributed by atoms with van der Waals surface area (Å²) in [5.74, 6) is 0.544. The Morgan fingerprint density at radius 2 is 2.00 bits per heavy atom. The molecule has 0 aromatic heterocycles. The molecule has 1 rings (SSSR count). The molecule has 20 heavy (non-hydrogen) atoms. The van der Waals surface area contributed by atoms with Crippen molar-refractivity contribution in [3.8, 4) is 11.5 Å². The third-order valence-corrected chi connectivity index (χ3v) is 3.15. The fourth-order valence-electron chi connectivity index (χ4n) is 1.88. The van der Waals surface area contributed by atoms with Crippen LogP contribution >= 0.6 is 11.6 Å². The first-order valence-corrected chi connectivity index (χ1v) is 6.78. The third kappa shape index (κ3) is 3.55. The first-order valence-electron chi connectivity index (χ1n) is 6.41. The van der Waals surface area contributed by atoms with Crippen LogP contribution in [0, 0.1) is 0 Å². The summed E-state index contributed by atoms with van der Waals surface area (Å²) in [6, 6.07) is 2.81. The summed E-state index contributed by atoms with van der Waals surface area (Å²) >= 11 is 6.31. The Morgan fingerprint density at radius 3 is 2.50 bits per heavy atom. The van der Waals surface area contributed by atoms with Crippen molar-refractivity contribution in [2.24, 2.45) is 0 Å². The van der Waals surface area contributed by atoms with Crippen LogP contribution in [0.1, 0.15) is 25.5 Å². The van der Waals surface area contributed by atoms with E-state index in [1.54, 1.807) is 19.1 Å². The van der Waals surface area contributed by atoms with Crippen LogP contribution in [0.25, 0.3) is 0 Å². The van der Waals surface area contributed by atoms with Crippen molar-refractivity contribution in [1.82, 2.24) is 5.32 Å². The van der Waals surface area contributed by atoms with E-state index >= 15 is 0 Å². The van der Waals surface area contributed by atoms with E-state index < -0.39 is 6.04 Å². The number of methoxy groups -OCH3 is 2. The molecule has 1 atom stereocenters. The van der Waals surface area contributed by atoms with Gasteiger partial charge in [0.05, 0.1) is 25.8 Å². The Labute approximate surface area is 124 Å². The zero-order chi connectivity index (χ0) is 15.1. The highest BCUT2D eigenvalue weighted by Gasteiger charge is 2.26. The average molecular weight is 302 g/mol. The topological polar surface area (TPSA) is 56.8 Å². The molecule has 0 spiro atoms. The molecule has 0 fully saturated rings. The summed E-state index contributed by atoms with van der Waals surface area (Å²) in [4.78, 5) is 12.0.